The Kier molecular flexibility index (Phi) is 16.3. The molecular weight excluding hydrogens is 574 g/mol. The average Bonchev–Trinajstić information content (AvgIpc) is 2.95. The Morgan fingerprint density at radius 3 is 2.17 bits per heavy atom. The van der Waals surface area contributed by atoms with E-state index in [9.17, 15) is 14.4 Å². The molecule has 0 heterocycles. The number of methoxy groups -OCH3 is 1. The SMILES string of the molecule is CCCCCCCCCCCCCC(=O)NCC(=O)N/N=C\c1ccc(OC(=O)c2cccc(Br)c2)c(OC)c1. The quantitative estimate of drug-likeness (QED) is 0.0585. The number of nitrogens with one attached hydrogen (secondary N) is 2. The van der Waals surface area contributed by atoms with E-state index in [1.54, 1.807) is 36.4 Å². The normalized spacial score (nSPS) is 10.9. The summed E-state index contributed by atoms with van der Waals surface area (Å²) >= 11 is 3.33. The van der Waals surface area contributed by atoms with Gasteiger partial charge in [0.15, 0.2) is 11.5 Å². The summed E-state index contributed by atoms with van der Waals surface area (Å²) in [5.41, 5.74) is 3.42. The smallest absolute Gasteiger partial charge is 0.343 e. The number of esters is 1. The summed E-state index contributed by atoms with van der Waals surface area (Å²) in [5, 5.41) is 6.56. The number of rotatable bonds is 19. The van der Waals surface area contributed by atoms with Crippen LogP contribution in [0.3, 0.4) is 0 Å². The van der Waals surface area contributed by atoms with Gasteiger partial charge in [0.25, 0.3) is 5.91 Å². The van der Waals surface area contributed by atoms with Crippen LogP contribution in [0.25, 0.3) is 0 Å². The van der Waals surface area contributed by atoms with Crippen molar-refractivity contribution in [3.05, 3.63) is 58.1 Å². The van der Waals surface area contributed by atoms with Crippen LogP contribution in [0.2, 0.25) is 0 Å². The third-order valence-electron chi connectivity index (χ3n) is 6.31. The molecule has 0 aliphatic carbocycles. The van der Waals surface area contributed by atoms with Crippen molar-refractivity contribution in [1.29, 1.82) is 0 Å². The van der Waals surface area contributed by atoms with Crippen LogP contribution in [0.15, 0.2) is 52.0 Å². The molecule has 0 bridgehead atoms. The van der Waals surface area contributed by atoms with Crippen LogP contribution < -0.4 is 20.2 Å². The number of hydrogen-bond donors (Lipinski definition) is 2. The molecule has 9 heteroatoms. The molecule has 2 aromatic carbocycles. The standard InChI is InChI=1S/C31H42BrN3O5/c1-3-4-5-6-7-8-9-10-11-12-13-17-29(36)33-23-30(37)35-34-22-24-18-19-27(28(20-24)39-2)40-31(38)25-15-14-16-26(32)21-25/h14-16,18-22H,3-13,17,23H2,1-2H3,(H,33,36)(H,35,37)/b34-22-. The lowest BCUT2D eigenvalue weighted by molar-refractivity contribution is -0.126. The molecule has 0 unspecified atom stereocenters. The van der Waals surface area contributed by atoms with Crippen molar-refractivity contribution in [2.45, 2.75) is 84.0 Å². The van der Waals surface area contributed by atoms with Crippen LogP contribution >= 0.6 is 15.9 Å². The van der Waals surface area contributed by atoms with E-state index >= 15 is 0 Å². The fraction of sp³-hybridized carbons (Fsp3) is 0.484. The van der Waals surface area contributed by atoms with Crippen molar-refractivity contribution < 1.29 is 23.9 Å². The Balaban J connectivity index is 1.63. The molecule has 2 amide bonds. The maximum Gasteiger partial charge on any atom is 0.343 e. The molecule has 0 atom stereocenters. The van der Waals surface area contributed by atoms with E-state index in [0.29, 0.717) is 23.3 Å². The van der Waals surface area contributed by atoms with E-state index in [2.05, 4.69) is 38.7 Å². The molecule has 0 saturated heterocycles. The summed E-state index contributed by atoms with van der Waals surface area (Å²) in [5.74, 6) is -0.468. The van der Waals surface area contributed by atoms with E-state index in [4.69, 9.17) is 9.47 Å². The lowest BCUT2D eigenvalue weighted by Gasteiger charge is -2.10. The maximum atomic E-state index is 12.4. The van der Waals surface area contributed by atoms with Gasteiger partial charge < -0.3 is 14.8 Å². The Morgan fingerprint density at radius 1 is 0.850 bits per heavy atom. The Hall–Kier alpha value is -3.20. The number of unbranched alkanes of at least 4 members (excludes halogenated alkanes) is 10. The average molecular weight is 617 g/mol. The van der Waals surface area contributed by atoms with Gasteiger partial charge in [0, 0.05) is 10.9 Å². The van der Waals surface area contributed by atoms with Gasteiger partial charge in [-0.3, -0.25) is 9.59 Å². The first kappa shape index (κ1) is 33.0. The minimum atomic E-state index is -0.515. The van der Waals surface area contributed by atoms with Gasteiger partial charge >= 0.3 is 5.97 Å². The van der Waals surface area contributed by atoms with Crippen molar-refractivity contribution in [2.24, 2.45) is 5.10 Å². The Morgan fingerprint density at radius 2 is 1.52 bits per heavy atom. The third-order valence-corrected chi connectivity index (χ3v) is 6.80. The second kappa shape index (κ2) is 19.8. The van der Waals surface area contributed by atoms with E-state index in [1.165, 1.54) is 64.7 Å². The van der Waals surface area contributed by atoms with E-state index in [-0.39, 0.29) is 18.2 Å². The predicted octanol–water partition coefficient (Wildman–Crippen LogP) is 6.94. The molecule has 0 aliphatic heterocycles. The number of halogens is 1. The number of carbonyl (C=O) groups excluding carboxylic acids is 3. The van der Waals surface area contributed by atoms with Gasteiger partial charge in [0.2, 0.25) is 5.91 Å². The lowest BCUT2D eigenvalue weighted by atomic mass is 10.1. The monoisotopic (exact) mass is 615 g/mol. The molecule has 2 rings (SSSR count). The first-order chi connectivity index (χ1) is 19.4. The number of hydrazone groups is 1. The van der Waals surface area contributed by atoms with Gasteiger partial charge in [0.05, 0.1) is 25.4 Å². The number of amides is 2. The molecule has 218 valence electrons. The summed E-state index contributed by atoms with van der Waals surface area (Å²) in [4.78, 5) is 36.5. The second-order valence-electron chi connectivity index (χ2n) is 9.67. The molecule has 0 spiro atoms. The first-order valence-corrected chi connectivity index (χ1v) is 15.0. The third kappa shape index (κ3) is 13.7. The van der Waals surface area contributed by atoms with Gasteiger partial charge in [-0.2, -0.15) is 5.10 Å². The molecule has 40 heavy (non-hydrogen) atoms. The van der Waals surface area contributed by atoms with E-state index < -0.39 is 11.9 Å². The molecule has 0 aliphatic rings. The largest absolute Gasteiger partial charge is 0.493 e. The Labute approximate surface area is 246 Å². The van der Waals surface area contributed by atoms with Crippen molar-refractivity contribution >= 4 is 39.9 Å². The molecule has 2 N–H and O–H groups in total. The van der Waals surface area contributed by atoms with Crippen molar-refractivity contribution in [1.82, 2.24) is 10.7 Å². The predicted molar refractivity (Wildman–Crippen MR) is 162 cm³/mol. The molecule has 0 saturated carbocycles. The molecule has 0 aromatic heterocycles. The summed E-state index contributed by atoms with van der Waals surface area (Å²) in [6.45, 7) is 2.10. The number of hydrogen-bond acceptors (Lipinski definition) is 6. The fourth-order valence-corrected chi connectivity index (χ4v) is 4.46. The zero-order valence-corrected chi connectivity index (χ0v) is 25.3. The maximum absolute atomic E-state index is 12.4. The zero-order valence-electron chi connectivity index (χ0n) is 23.7. The van der Waals surface area contributed by atoms with Gasteiger partial charge in [-0.15, -0.1) is 0 Å². The highest BCUT2D eigenvalue weighted by Crippen LogP contribution is 2.28. The second-order valence-corrected chi connectivity index (χ2v) is 10.6. The topological polar surface area (TPSA) is 106 Å². The minimum absolute atomic E-state index is 0.132. The lowest BCUT2D eigenvalue weighted by Crippen LogP contribution is -2.34. The van der Waals surface area contributed by atoms with Crippen LogP contribution in [0, 0.1) is 0 Å². The van der Waals surface area contributed by atoms with Gasteiger partial charge in [-0.1, -0.05) is 93.1 Å². The van der Waals surface area contributed by atoms with Gasteiger partial charge in [0.1, 0.15) is 0 Å². The van der Waals surface area contributed by atoms with Crippen molar-refractivity contribution in [3.63, 3.8) is 0 Å². The van der Waals surface area contributed by atoms with E-state index in [1.807, 2.05) is 6.07 Å². The molecule has 2 aromatic rings. The van der Waals surface area contributed by atoms with Crippen LogP contribution in [-0.2, 0) is 9.59 Å². The van der Waals surface area contributed by atoms with Crippen molar-refractivity contribution in [3.8, 4) is 11.5 Å². The van der Waals surface area contributed by atoms with Gasteiger partial charge in [-0.25, -0.2) is 10.2 Å². The Bertz CT molecular complexity index is 1110. The van der Waals surface area contributed by atoms with Crippen molar-refractivity contribution in [2.75, 3.05) is 13.7 Å². The minimum Gasteiger partial charge on any atom is -0.493 e. The highest BCUT2D eigenvalue weighted by atomic mass is 79.9. The summed E-state index contributed by atoms with van der Waals surface area (Å²) in [6, 6.07) is 11.8. The molecular formula is C31H42BrN3O5. The summed E-state index contributed by atoms with van der Waals surface area (Å²) in [6.07, 6.45) is 15.3. The highest BCUT2D eigenvalue weighted by Gasteiger charge is 2.13. The number of ether oxygens (including phenoxy) is 2. The highest BCUT2D eigenvalue weighted by molar-refractivity contribution is 9.10. The number of carbonyl (C=O) groups is 3. The fourth-order valence-electron chi connectivity index (χ4n) is 4.06. The van der Waals surface area contributed by atoms with Crippen LogP contribution in [0.1, 0.15) is 99.9 Å². The van der Waals surface area contributed by atoms with Crippen LogP contribution in [-0.4, -0.2) is 37.7 Å². The van der Waals surface area contributed by atoms with Crippen LogP contribution in [0.4, 0.5) is 0 Å². The van der Waals surface area contributed by atoms with E-state index in [0.717, 1.165) is 23.7 Å². The van der Waals surface area contributed by atoms with Crippen LogP contribution in [0.5, 0.6) is 11.5 Å². The summed E-state index contributed by atoms with van der Waals surface area (Å²) in [7, 11) is 1.47. The molecule has 8 nitrogen and oxygen atoms in total. The molecule has 0 fully saturated rings. The number of benzene rings is 2. The first-order valence-electron chi connectivity index (χ1n) is 14.2. The summed E-state index contributed by atoms with van der Waals surface area (Å²) < 4.78 is 11.6. The zero-order chi connectivity index (χ0) is 29.0. The van der Waals surface area contributed by atoms with Gasteiger partial charge in [-0.05, 0) is 48.4 Å². The molecule has 0 radical (unpaired) electrons. The number of nitrogens with zero attached hydrogens (tertiary/aromatic N) is 1.